The number of thiophene rings is 1. The standard InChI is InChI=1S/C14H14O3S2/c1-17-14(15)12(11-6-3-2-4-7-11)10-19(16)13-8-5-9-18-13/h2-9,12H,10H2,1H3. The van der Waals surface area contributed by atoms with Crippen molar-refractivity contribution in [1.82, 2.24) is 0 Å². The van der Waals surface area contributed by atoms with Gasteiger partial charge in [0.05, 0.1) is 28.0 Å². The number of benzene rings is 1. The van der Waals surface area contributed by atoms with Crippen molar-refractivity contribution in [1.29, 1.82) is 0 Å². The minimum atomic E-state index is -1.19. The third-order valence-electron chi connectivity index (χ3n) is 2.73. The van der Waals surface area contributed by atoms with E-state index < -0.39 is 16.7 Å². The summed E-state index contributed by atoms with van der Waals surface area (Å²) >= 11 is 1.44. The summed E-state index contributed by atoms with van der Waals surface area (Å²) in [4.78, 5) is 11.9. The van der Waals surface area contributed by atoms with Gasteiger partial charge >= 0.3 is 5.97 Å². The van der Waals surface area contributed by atoms with Crippen LogP contribution in [0.25, 0.3) is 0 Å². The Morgan fingerprint density at radius 1 is 1.26 bits per heavy atom. The molecule has 2 atom stereocenters. The molecule has 0 spiro atoms. The summed E-state index contributed by atoms with van der Waals surface area (Å²) in [5.74, 6) is -0.595. The Morgan fingerprint density at radius 3 is 2.58 bits per heavy atom. The fourth-order valence-corrected chi connectivity index (χ4v) is 4.03. The third kappa shape index (κ3) is 3.52. The van der Waals surface area contributed by atoms with E-state index in [1.165, 1.54) is 18.4 Å². The zero-order valence-corrected chi connectivity index (χ0v) is 12.1. The molecule has 0 aliphatic carbocycles. The molecule has 0 saturated heterocycles. The summed E-state index contributed by atoms with van der Waals surface area (Å²) in [6, 6.07) is 13.0. The van der Waals surface area contributed by atoms with Crippen molar-refractivity contribution in [2.75, 3.05) is 12.9 Å². The first-order valence-electron chi connectivity index (χ1n) is 5.77. The monoisotopic (exact) mass is 294 g/mol. The van der Waals surface area contributed by atoms with Crippen molar-refractivity contribution in [3.63, 3.8) is 0 Å². The Hall–Kier alpha value is -1.46. The van der Waals surface area contributed by atoms with Gasteiger partial charge < -0.3 is 4.74 Å². The lowest BCUT2D eigenvalue weighted by atomic mass is 10.0. The molecule has 0 amide bonds. The minimum Gasteiger partial charge on any atom is -0.469 e. The quantitative estimate of drug-likeness (QED) is 0.796. The molecular weight excluding hydrogens is 280 g/mol. The average Bonchev–Trinajstić information content (AvgIpc) is 2.99. The molecule has 0 aliphatic heterocycles. The molecule has 3 nitrogen and oxygen atoms in total. The van der Waals surface area contributed by atoms with Crippen LogP contribution in [-0.2, 0) is 20.3 Å². The highest BCUT2D eigenvalue weighted by atomic mass is 32.2. The maximum absolute atomic E-state index is 12.2. The highest BCUT2D eigenvalue weighted by Gasteiger charge is 2.24. The zero-order valence-electron chi connectivity index (χ0n) is 10.4. The Balaban J connectivity index is 2.20. The van der Waals surface area contributed by atoms with Gasteiger partial charge in [0.1, 0.15) is 0 Å². The van der Waals surface area contributed by atoms with Crippen LogP contribution in [0, 0.1) is 0 Å². The molecule has 5 heteroatoms. The third-order valence-corrected chi connectivity index (χ3v) is 5.45. The lowest BCUT2D eigenvalue weighted by molar-refractivity contribution is -0.141. The Kier molecular flexibility index (Phi) is 4.87. The van der Waals surface area contributed by atoms with Crippen LogP contribution >= 0.6 is 11.3 Å². The van der Waals surface area contributed by atoms with Gasteiger partial charge in [-0.15, -0.1) is 11.3 Å². The topological polar surface area (TPSA) is 43.4 Å². The molecule has 1 heterocycles. The molecule has 0 aliphatic rings. The second-order valence-electron chi connectivity index (χ2n) is 3.93. The van der Waals surface area contributed by atoms with E-state index in [9.17, 15) is 9.00 Å². The first-order chi connectivity index (χ1) is 9.22. The van der Waals surface area contributed by atoms with E-state index in [0.29, 0.717) is 0 Å². The fourth-order valence-electron chi connectivity index (χ4n) is 1.75. The van der Waals surface area contributed by atoms with E-state index in [1.54, 1.807) is 0 Å². The number of carbonyl (C=O) groups is 1. The highest BCUT2D eigenvalue weighted by Crippen LogP contribution is 2.23. The van der Waals surface area contributed by atoms with Gasteiger partial charge in [0, 0.05) is 5.75 Å². The number of rotatable bonds is 5. The largest absolute Gasteiger partial charge is 0.469 e. The molecule has 0 radical (unpaired) electrons. The second-order valence-corrected chi connectivity index (χ2v) is 6.60. The van der Waals surface area contributed by atoms with Gasteiger partial charge in [0.25, 0.3) is 0 Å². The summed E-state index contributed by atoms with van der Waals surface area (Å²) in [6.45, 7) is 0. The van der Waals surface area contributed by atoms with Crippen molar-refractivity contribution in [3.8, 4) is 0 Å². The van der Waals surface area contributed by atoms with E-state index in [0.717, 1.165) is 9.77 Å². The molecule has 0 saturated carbocycles. The summed E-state index contributed by atoms with van der Waals surface area (Å²) < 4.78 is 17.8. The van der Waals surface area contributed by atoms with Crippen molar-refractivity contribution in [2.45, 2.75) is 10.1 Å². The van der Waals surface area contributed by atoms with Gasteiger partial charge in [-0.2, -0.15) is 0 Å². The first kappa shape index (κ1) is 14.0. The van der Waals surface area contributed by atoms with E-state index >= 15 is 0 Å². The van der Waals surface area contributed by atoms with Gasteiger partial charge in [-0.3, -0.25) is 9.00 Å². The predicted molar refractivity (Wildman–Crippen MR) is 76.8 cm³/mol. The van der Waals surface area contributed by atoms with E-state index in [4.69, 9.17) is 4.74 Å². The molecule has 1 aromatic carbocycles. The smallest absolute Gasteiger partial charge is 0.314 e. The van der Waals surface area contributed by atoms with Crippen LogP contribution in [0.4, 0.5) is 0 Å². The lowest BCUT2D eigenvalue weighted by Gasteiger charge is -2.14. The number of hydrogen-bond donors (Lipinski definition) is 0. The van der Waals surface area contributed by atoms with Gasteiger partial charge in [-0.05, 0) is 17.0 Å². The molecule has 2 unspecified atom stereocenters. The van der Waals surface area contributed by atoms with Gasteiger partial charge in [0.15, 0.2) is 0 Å². The normalized spacial score (nSPS) is 13.7. The molecule has 2 rings (SSSR count). The van der Waals surface area contributed by atoms with Crippen LogP contribution in [-0.4, -0.2) is 23.0 Å². The van der Waals surface area contributed by atoms with Crippen LogP contribution in [0.5, 0.6) is 0 Å². The number of ether oxygens (including phenoxy) is 1. The Labute approximate surface area is 118 Å². The molecule has 0 fully saturated rings. The Morgan fingerprint density at radius 2 is 2.00 bits per heavy atom. The van der Waals surface area contributed by atoms with Crippen LogP contribution < -0.4 is 0 Å². The molecule has 0 N–H and O–H groups in total. The van der Waals surface area contributed by atoms with Crippen LogP contribution in [0.3, 0.4) is 0 Å². The van der Waals surface area contributed by atoms with Crippen molar-refractivity contribution in [3.05, 3.63) is 53.4 Å². The minimum absolute atomic E-state index is 0.247. The van der Waals surface area contributed by atoms with Gasteiger partial charge in [0.2, 0.25) is 0 Å². The van der Waals surface area contributed by atoms with Crippen LogP contribution in [0.2, 0.25) is 0 Å². The first-order valence-corrected chi connectivity index (χ1v) is 7.97. The molecule has 0 bridgehead atoms. The fraction of sp³-hybridized carbons (Fsp3) is 0.214. The lowest BCUT2D eigenvalue weighted by Crippen LogP contribution is -2.20. The number of hydrogen-bond acceptors (Lipinski definition) is 4. The molecule has 100 valence electrons. The Bertz CT molecular complexity index is 549. The average molecular weight is 294 g/mol. The second kappa shape index (κ2) is 6.63. The van der Waals surface area contributed by atoms with E-state index in [2.05, 4.69) is 0 Å². The van der Waals surface area contributed by atoms with E-state index in [-0.39, 0.29) is 11.7 Å². The predicted octanol–water partition coefficient (Wildman–Crippen LogP) is 2.81. The van der Waals surface area contributed by atoms with Crippen LogP contribution in [0.1, 0.15) is 11.5 Å². The molecule has 1 aromatic heterocycles. The molecular formula is C14H14O3S2. The van der Waals surface area contributed by atoms with Gasteiger partial charge in [-0.25, -0.2) is 0 Å². The van der Waals surface area contributed by atoms with E-state index in [1.807, 2.05) is 47.8 Å². The van der Waals surface area contributed by atoms with Gasteiger partial charge in [-0.1, -0.05) is 36.4 Å². The zero-order chi connectivity index (χ0) is 13.7. The molecule has 2 aromatic rings. The summed E-state index contributed by atoms with van der Waals surface area (Å²) in [5, 5.41) is 1.88. The number of carbonyl (C=O) groups excluding carboxylic acids is 1. The summed E-state index contributed by atoms with van der Waals surface area (Å²) in [6.07, 6.45) is 0. The summed E-state index contributed by atoms with van der Waals surface area (Å²) in [5.41, 5.74) is 0.833. The maximum atomic E-state index is 12.2. The van der Waals surface area contributed by atoms with Crippen molar-refractivity contribution >= 4 is 28.1 Å². The number of methoxy groups -OCH3 is 1. The highest BCUT2D eigenvalue weighted by molar-refractivity contribution is 7.87. The number of esters is 1. The maximum Gasteiger partial charge on any atom is 0.314 e. The SMILES string of the molecule is COC(=O)C(CS(=O)c1cccs1)c1ccccc1. The van der Waals surface area contributed by atoms with Crippen molar-refractivity contribution in [2.24, 2.45) is 0 Å². The molecule has 19 heavy (non-hydrogen) atoms. The van der Waals surface area contributed by atoms with Crippen LogP contribution in [0.15, 0.2) is 52.1 Å². The summed E-state index contributed by atoms with van der Waals surface area (Å²) in [7, 11) is 0.166. The van der Waals surface area contributed by atoms with Crippen molar-refractivity contribution < 1.29 is 13.7 Å².